The van der Waals surface area contributed by atoms with Crippen LogP contribution in [-0.2, 0) is 6.42 Å². The van der Waals surface area contributed by atoms with Crippen molar-refractivity contribution in [2.75, 3.05) is 0 Å². The Morgan fingerprint density at radius 2 is 2.06 bits per heavy atom. The molecule has 0 saturated carbocycles. The molecule has 90 valence electrons. The average Bonchev–Trinajstić information content (AvgIpc) is 2.59. The van der Waals surface area contributed by atoms with Gasteiger partial charge in [-0.2, -0.15) is 0 Å². The van der Waals surface area contributed by atoms with Crippen LogP contribution in [0.4, 0.5) is 5.69 Å². The van der Waals surface area contributed by atoms with Gasteiger partial charge in [-0.1, -0.05) is 32.9 Å². The van der Waals surface area contributed by atoms with Crippen molar-refractivity contribution in [3.05, 3.63) is 40.1 Å². The van der Waals surface area contributed by atoms with Crippen molar-refractivity contribution in [1.29, 1.82) is 0 Å². The number of non-ortho nitro benzene ring substituents is 1. The molecule has 0 fully saturated rings. The molecule has 2 rings (SSSR count). The van der Waals surface area contributed by atoms with E-state index in [0.29, 0.717) is 5.52 Å². The lowest BCUT2D eigenvalue weighted by atomic mass is 9.88. The lowest BCUT2D eigenvalue weighted by Gasteiger charge is -2.17. The number of hydrogen-bond acceptors (Lipinski definition) is 2. The summed E-state index contributed by atoms with van der Waals surface area (Å²) in [4.78, 5) is 13.6. The molecule has 1 aromatic heterocycles. The Bertz CT molecular complexity index is 564. The number of H-pyrrole nitrogens is 1. The maximum atomic E-state index is 10.9. The van der Waals surface area contributed by atoms with Gasteiger partial charge in [-0.3, -0.25) is 10.1 Å². The molecule has 1 aromatic carbocycles. The van der Waals surface area contributed by atoms with Gasteiger partial charge in [0.1, 0.15) is 5.52 Å². The summed E-state index contributed by atoms with van der Waals surface area (Å²) in [5.74, 6) is 0. The highest BCUT2D eigenvalue weighted by Crippen LogP contribution is 2.30. The third-order valence-corrected chi connectivity index (χ3v) is 2.70. The molecule has 0 aliphatic heterocycles. The SMILES string of the molecule is CC(C)(C)Cc1c[nH]c2c([N+](=O)[O-])cccc12. The first kappa shape index (κ1) is 11.6. The number of nitro groups is 1. The van der Waals surface area contributed by atoms with E-state index in [9.17, 15) is 10.1 Å². The molecule has 0 unspecified atom stereocenters. The minimum atomic E-state index is -0.348. The van der Waals surface area contributed by atoms with Crippen LogP contribution in [0.3, 0.4) is 0 Å². The summed E-state index contributed by atoms with van der Waals surface area (Å²) < 4.78 is 0. The molecule has 0 saturated heterocycles. The number of para-hydroxylation sites is 1. The average molecular weight is 232 g/mol. The molecule has 1 N–H and O–H groups in total. The molecule has 0 aliphatic rings. The van der Waals surface area contributed by atoms with Crippen molar-refractivity contribution in [1.82, 2.24) is 4.98 Å². The monoisotopic (exact) mass is 232 g/mol. The van der Waals surface area contributed by atoms with Gasteiger partial charge in [0.05, 0.1) is 4.92 Å². The van der Waals surface area contributed by atoms with Gasteiger partial charge in [-0.05, 0) is 17.4 Å². The number of fused-ring (bicyclic) bond motifs is 1. The fourth-order valence-corrected chi connectivity index (χ4v) is 2.07. The number of aromatic nitrogens is 1. The second-order valence-corrected chi connectivity index (χ2v) is 5.51. The van der Waals surface area contributed by atoms with Crippen LogP contribution in [0.15, 0.2) is 24.4 Å². The zero-order valence-corrected chi connectivity index (χ0v) is 10.3. The van der Waals surface area contributed by atoms with Gasteiger partial charge >= 0.3 is 0 Å². The Morgan fingerprint density at radius 1 is 1.35 bits per heavy atom. The number of benzene rings is 1. The Morgan fingerprint density at radius 3 is 2.65 bits per heavy atom. The molecule has 2 aromatic rings. The number of hydrogen-bond donors (Lipinski definition) is 1. The Labute approximate surface area is 99.8 Å². The molecule has 1 heterocycles. The van der Waals surface area contributed by atoms with Crippen LogP contribution < -0.4 is 0 Å². The minimum Gasteiger partial charge on any atom is -0.355 e. The molecule has 4 heteroatoms. The summed E-state index contributed by atoms with van der Waals surface area (Å²) in [6.07, 6.45) is 2.77. The Kier molecular flexibility index (Phi) is 2.65. The standard InChI is InChI=1S/C13H16N2O2/c1-13(2,3)7-9-8-14-12-10(9)5-4-6-11(12)15(16)17/h4-6,8,14H,7H2,1-3H3. The van der Waals surface area contributed by atoms with Crippen molar-refractivity contribution in [3.8, 4) is 0 Å². The molecule has 0 amide bonds. The first-order valence-electron chi connectivity index (χ1n) is 5.62. The molecular weight excluding hydrogens is 216 g/mol. The molecular formula is C13H16N2O2. The number of nitro benzene ring substituents is 1. The van der Waals surface area contributed by atoms with E-state index in [4.69, 9.17) is 0 Å². The van der Waals surface area contributed by atoms with E-state index in [1.807, 2.05) is 12.3 Å². The van der Waals surface area contributed by atoms with Gasteiger partial charge in [0.25, 0.3) is 5.69 Å². The minimum absolute atomic E-state index is 0.141. The van der Waals surface area contributed by atoms with E-state index < -0.39 is 0 Å². The normalized spacial score (nSPS) is 11.9. The van der Waals surface area contributed by atoms with Crippen molar-refractivity contribution in [3.63, 3.8) is 0 Å². The molecule has 4 nitrogen and oxygen atoms in total. The van der Waals surface area contributed by atoms with E-state index in [1.54, 1.807) is 6.07 Å². The lowest BCUT2D eigenvalue weighted by molar-refractivity contribution is -0.383. The maximum Gasteiger partial charge on any atom is 0.293 e. The molecule has 0 atom stereocenters. The highest BCUT2D eigenvalue weighted by atomic mass is 16.6. The van der Waals surface area contributed by atoms with Gasteiger partial charge in [0, 0.05) is 17.6 Å². The summed E-state index contributed by atoms with van der Waals surface area (Å²) in [5, 5.41) is 11.8. The summed E-state index contributed by atoms with van der Waals surface area (Å²) >= 11 is 0. The first-order chi connectivity index (χ1) is 7.88. The fraction of sp³-hybridized carbons (Fsp3) is 0.385. The molecule has 0 radical (unpaired) electrons. The van der Waals surface area contributed by atoms with Gasteiger partial charge < -0.3 is 4.98 Å². The predicted octanol–water partition coefficient (Wildman–Crippen LogP) is 3.66. The van der Waals surface area contributed by atoms with Crippen LogP contribution in [0.5, 0.6) is 0 Å². The highest BCUT2D eigenvalue weighted by Gasteiger charge is 2.18. The van der Waals surface area contributed by atoms with Gasteiger partial charge in [-0.25, -0.2) is 0 Å². The van der Waals surface area contributed by atoms with Crippen LogP contribution in [0.1, 0.15) is 26.3 Å². The van der Waals surface area contributed by atoms with E-state index in [-0.39, 0.29) is 16.0 Å². The molecule has 17 heavy (non-hydrogen) atoms. The number of rotatable bonds is 2. The topological polar surface area (TPSA) is 58.9 Å². The number of nitrogens with one attached hydrogen (secondary N) is 1. The van der Waals surface area contributed by atoms with E-state index >= 15 is 0 Å². The molecule has 0 bridgehead atoms. The summed E-state index contributed by atoms with van der Waals surface area (Å²) in [7, 11) is 0. The van der Waals surface area contributed by atoms with E-state index in [0.717, 1.165) is 17.4 Å². The van der Waals surface area contributed by atoms with Crippen molar-refractivity contribution < 1.29 is 4.92 Å². The Hall–Kier alpha value is -1.84. The van der Waals surface area contributed by atoms with E-state index in [1.165, 1.54) is 6.07 Å². The van der Waals surface area contributed by atoms with Gasteiger partial charge in [0.15, 0.2) is 0 Å². The smallest absolute Gasteiger partial charge is 0.293 e. The summed E-state index contributed by atoms with van der Waals surface area (Å²) in [6, 6.07) is 5.19. The molecule has 0 spiro atoms. The quantitative estimate of drug-likeness (QED) is 0.634. The zero-order chi connectivity index (χ0) is 12.6. The van der Waals surface area contributed by atoms with Gasteiger partial charge in [0.2, 0.25) is 0 Å². The summed E-state index contributed by atoms with van der Waals surface area (Å²) in [5.41, 5.74) is 2.07. The summed E-state index contributed by atoms with van der Waals surface area (Å²) in [6.45, 7) is 6.47. The molecule has 0 aliphatic carbocycles. The second kappa shape index (κ2) is 3.87. The largest absolute Gasteiger partial charge is 0.355 e. The second-order valence-electron chi connectivity index (χ2n) is 5.51. The van der Waals surface area contributed by atoms with Crippen molar-refractivity contribution >= 4 is 16.6 Å². The van der Waals surface area contributed by atoms with Crippen LogP contribution >= 0.6 is 0 Å². The fourth-order valence-electron chi connectivity index (χ4n) is 2.07. The van der Waals surface area contributed by atoms with E-state index in [2.05, 4.69) is 25.8 Å². The lowest BCUT2D eigenvalue weighted by Crippen LogP contribution is -2.08. The van der Waals surface area contributed by atoms with Crippen molar-refractivity contribution in [2.24, 2.45) is 5.41 Å². The first-order valence-corrected chi connectivity index (χ1v) is 5.62. The zero-order valence-electron chi connectivity index (χ0n) is 10.3. The van der Waals surface area contributed by atoms with Gasteiger partial charge in [-0.15, -0.1) is 0 Å². The third kappa shape index (κ3) is 2.30. The predicted molar refractivity (Wildman–Crippen MR) is 68.1 cm³/mol. The van der Waals surface area contributed by atoms with Crippen LogP contribution in [0, 0.1) is 15.5 Å². The van der Waals surface area contributed by atoms with Crippen LogP contribution in [0.25, 0.3) is 10.9 Å². The maximum absolute atomic E-state index is 10.9. The number of aromatic amines is 1. The Balaban J connectivity index is 2.55. The third-order valence-electron chi connectivity index (χ3n) is 2.70. The van der Waals surface area contributed by atoms with Crippen LogP contribution in [-0.4, -0.2) is 9.91 Å². The van der Waals surface area contributed by atoms with Crippen LogP contribution in [0.2, 0.25) is 0 Å². The highest BCUT2D eigenvalue weighted by molar-refractivity contribution is 5.90. The number of nitrogens with zero attached hydrogens (tertiary/aromatic N) is 1. The van der Waals surface area contributed by atoms with Crippen molar-refractivity contribution in [2.45, 2.75) is 27.2 Å².